The number of aliphatic imine (C=N–C) groups is 1. The molecular formula is C17H34N4. The predicted molar refractivity (Wildman–Crippen MR) is 90.6 cm³/mol. The average Bonchev–Trinajstić information content (AvgIpc) is 2.52. The third kappa shape index (κ3) is 5.50. The van der Waals surface area contributed by atoms with Crippen molar-refractivity contribution < 1.29 is 0 Å². The van der Waals surface area contributed by atoms with Gasteiger partial charge in [-0.3, -0.25) is 4.99 Å². The molecule has 2 rings (SSSR count). The second kappa shape index (κ2) is 8.62. The van der Waals surface area contributed by atoms with Crippen LogP contribution in [0.1, 0.15) is 58.3 Å². The van der Waals surface area contributed by atoms with Gasteiger partial charge in [-0.05, 0) is 51.6 Å². The molecule has 21 heavy (non-hydrogen) atoms. The quantitative estimate of drug-likeness (QED) is 0.482. The van der Waals surface area contributed by atoms with Gasteiger partial charge in [-0.25, -0.2) is 0 Å². The zero-order valence-electron chi connectivity index (χ0n) is 14.1. The van der Waals surface area contributed by atoms with Crippen LogP contribution in [-0.4, -0.2) is 55.0 Å². The molecule has 1 saturated heterocycles. The molecule has 4 nitrogen and oxygen atoms in total. The zero-order chi connectivity index (χ0) is 15.1. The average molecular weight is 294 g/mol. The van der Waals surface area contributed by atoms with Crippen LogP contribution in [0.5, 0.6) is 0 Å². The highest BCUT2D eigenvalue weighted by molar-refractivity contribution is 5.78. The van der Waals surface area contributed by atoms with Crippen LogP contribution in [0.2, 0.25) is 0 Å². The minimum Gasteiger partial charge on any atom is -0.370 e. The van der Waals surface area contributed by atoms with Crippen LogP contribution in [0.15, 0.2) is 4.99 Å². The first-order chi connectivity index (χ1) is 10.2. The fourth-order valence-corrected chi connectivity index (χ4v) is 3.56. The largest absolute Gasteiger partial charge is 0.370 e. The summed E-state index contributed by atoms with van der Waals surface area (Å²) >= 11 is 0. The Bertz CT molecular complexity index is 315. The lowest BCUT2D eigenvalue weighted by molar-refractivity contribution is 0.191. The third-order valence-electron chi connectivity index (χ3n) is 5.25. The highest BCUT2D eigenvalue weighted by Gasteiger charge is 2.18. The minimum absolute atomic E-state index is 0.766. The normalized spacial score (nSPS) is 23.0. The smallest absolute Gasteiger partial charge is 0.191 e. The molecule has 1 aliphatic heterocycles. The van der Waals surface area contributed by atoms with E-state index in [1.165, 1.54) is 44.9 Å². The van der Waals surface area contributed by atoms with E-state index in [1.807, 2.05) is 0 Å². The van der Waals surface area contributed by atoms with Crippen molar-refractivity contribution in [3.05, 3.63) is 0 Å². The SMILES string of the molecule is CC1CCN(C(N)=NCCCN(C)C2CCCCC2)CC1. The van der Waals surface area contributed by atoms with Crippen LogP contribution in [0, 0.1) is 5.92 Å². The summed E-state index contributed by atoms with van der Waals surface area (Å²) in [7, 11) is 2.27. The summed E-state index contributed by atoms with van der Waals surface area (Å²) in [6, 6.07) is 0.809. The Hall–Kier alpha value is -0.770. The van der Waals surface area contributed by atoms with Gasteiger partial charge in [-0.1, -0.05) is 26.2 Å². The van der Waals surface area contributed by atoms with Crippen LogP contribution < -0.4 is 5.73 Å². The molecule has 2 N–H and O–H groups in total. The minimum atomic E-state index is 0.766. The van der Waals surface area contributed by atoms with E-state index >= 15 is 0 Å². The highest BCUT2D eigenvalue weighted by Crippen LogP contribution is 2.21. The van der Waals surface area contributed by atoms with Crippen molar-refractivity contribution in [1.82, 2.24) is 9.80 Å². The summed E-state index contributed by atoms with van der Waals surface area (Å²) in [5.41, 5.74) is 6.12. The van der Waals surface area contributed by atoms with Crippen molar-refractivity contribution in [3.8, 4) is 0 Å². The van der Waals surface area contributed by atoms with E-state index in [-0.39, 0.29) is 0 Å². The molecule has 1 saturated carbocycles. The number of hydrogen-bond acceptors (Lipinski definition) is 2. The summed E-state index contributed by atoms with van der Waals surface area (Å²) in [6.07, 6.45) is 10.6. The van der Waals surface area contributed by atoms with E-state index in [1.54, 1.807) is 0 Å². The molecule has 0 aromatic carbocycles. The zero-order valence-corrected chi connectivity index (χ0v) is 14.1. The van der Waals surface area contributed by atoms with Crippen molar-refractivity contribution in [3.63, 3.8) is 0 Å². The summed E-state index contributed by atoms with van der Waals surface area (Å²) in [6.45, 7) is 6.51. The molecule has 0 bridgehead atoms. The number of rotatable bonds is 5. The van der Waals surface area contributed by atoms with Crippen LogP contribution in [-0.2, 0) is 0 Å². The number of hydrogen-bond donors (Lipinski definition) is 1. The lowest BCUT2D eigenvalue weighted by Gasteiger charge is -2.31. The molecule has 0 aromatic rings. The Morgan fingerprint density at radius 3 is 2.48 bits per heavy atom. The van der Waals surface area contributed by atoms with Crippen molar-refractivity contribution in [1.29, 1.82) is 0 Å². The summed E-state index contributed by atoms with van der Waals surface area (Å²) in [5.74, 6) is 1.61. The van der Waals surface area contributed by atoms with E-state index in [9.17, 15) is 0 Å². The Labute approximate surface area is 130 Å². The number of nitrogens with two attached hydrogens (primary N) is 1. The van der Waals surface area contributed by atoms with E-state index in [0.29, 0.717) is 0 Å². The van der Waals surface area contributed by atoms with Gasteiger partial charge in [0, 0.05) is 25.7 Å². The predicted octanol–water partition coefficient (Wildman–Crippen LogP) is 2.69. The van der Waals surface area contributed by atoms with Gasteiger partial charge in [0.1, 0.15) is 0 Å². The van der Waals surface area contributed by atoms with Crippen molar-refractivity contribution in [2.24, 2.45) is 16.6 Å². The molecule has 0 aromatic heterocycles. The Kier molecular flexibility index (Phi) is 6.81. The molecule has 2 aliphatic rings. The second-order valence-corrected chi connectivity index (χ2v) is 7.04. The molecular weight excluding hydrogens is 260 g/mol. The lowest BCUT2D eigenvalue weighted by atomic mass is 9.94. The van der Waals surface area contributed by atoms with Gasteiger partial charge >= 0.3 is 0 Å². The molecule has 0 atom stereocenters. The van der Waals surface area contributed by atoms with Gasteiger partial charge in [0.25, 0.3) is 0 Å². The van der Waals surface area contributed by atoms with Gasteiger partial charge in [0.15, 0.2) is 5.96 Å². The van der Waals surface area contributed by atoms with E-state index in [0.717, 1.165) is 50.5 Å². The Morgan fingerprint density at radius 1 is 1.14 bits per heavy atom. The van der Waals surface area contributed by atoms with Crippen molar-refractivity contribution >= 4 is 5.96 Å². The molecule has 0 radical (unpaired) electrons. The van der Waals surface area contributed by atoms with E-state index < -0.39 is 0 Å². The molecule has 1 heterocycles. The first-order valence-electron chi connectivity index (χ1n) is 8.92. The molecule has 0 amide bonds. The molecule has 0 spiro atoms. The molecule has 2 fully saturated rings. The van der Waals surface area contributed by atoms with Gasteiger partial charge in [0.05, 0.1) is 0 Å². The summed E-state index contributed by atoms with van der Waals surface area (Å²) in [4.78, 5) is 9.37. The van der Waals surface area contributed by atoms with Crippen molar-refractivity contribution in [2.75, 3.05) is 33.2 Å². The fraction of sp³-hybridized carbons (Fsp3) is 0.941. The van der Waals surface area contributed by atoms with Gasteiger partial charge < -0.3 is 15.5 Å². The lowest BCUT2D eigenvalue weighted by Crippen LogP contribution is -2.42. The van der Waals surface area contributed by atoms with Crippen molar-refractivity contribution in [2.45, 2.75) is 64.3 Å². The topological polar surface area (TPSA) is 44.9 Å². The van der Waals surface area contributed by atoms with Crippen LogP contribution in [0.4, 0.5) is 0 Å². The standard InChI is InChI=1S/C17H34N4/c1-15-9-13-21(14-10-15)17(18)19-11-6-12-20(2)16-7-4-3-5-8-16/h15-16H,3-14H2,1-2H3,(H2,18,19). The number of nitrogens with zero attached hydrogens (tertiary/aromatic N) is 3. The first kappa shape index (κ1) is 16.6. The van der Waals surface area contributed by atoms with Gasteiger partial charge in [0.2, 0.25) is 0 Å². The van der Waals surface area contributed by atoms with E-state index in [2.05, 4.69) is 28.8 Å². The fourth-order valence-electron chi connectivity index (χ4n) is 3.56. The number of likely N-dealkylation sites (tertiary alicyclic amines) is 1. The molecule has 122 valence electrons. The monoisotopic (exact) mass is 294 g/mol. The molecule has 1 aliphatic carbocycles. The number of piperidine rings is 1. The van der Waals surface area contributed by atoms with Gasteiger partial charge in [-0.15, -0.1) is 0 Å². The summed E-state index contributed by atoms with van der Waals surface area (Å²) in [5, 5.41) is 0. The maximum Gasteiger partial charge on any atom is 0.191 e. The van der Waals surface area contributed by atoms with Crippen LogP contribution in [0.3, 0.4) is 0 Å². The Morgan fingerprint density at radius 2 is 1.81 bits per heavy atom. The van der Waals surface area contributed by atoms with Crippen LogP contribution >= 0.6 is 0 Å². The molecule has 0 unspecified atom stereocenters. The van der Waals surface area contributed by atoms with Crippen LogP contribution in [0.25, 0.3) is 0 Å². The molecule has 4 heteroatoms. The highest BCUT2D eigenvalue weighted by atomic mass is 15.3. The first-order valence-corrected chi connectivity index (χ1v) is 8.92. The summed E-state index contributed by atoms with van der Waals surface area (Å²) < 4.78 is 0. The van der Waals surface area contributed by atoms with Gasteiger partial charge in [-0.2, -0.15) is 0 Å². The second-order valence-electron chi connectivity index (χ2n) is 7.04. The maximum atomic E-state index is 6.12. The Balaban J connectivity index is 1.62. The number of guanidine groups is 1. The van der Waals surface area contributed by atoms with E-state index in [4.69, 9.17) is 5.73 Å². The maximum absolute atomic E-state index is 6.12. The third-order valence-corrected chi connectivity index (χ3v) is 5.25.